The van der Waals surface area contributed by atoms with Crippen molar-refractivity contribution in [3.05, 3.63) is 39.2 Å². The monoisotopic (exact) mass is 290 g/mol. The number of halogens is 3. The first-order chi connectivity index (χ1) is 6.66. The zero-order valence-corrected chi connectivity index (χ0v) is 9.99. The van der Waals surface area contributed by atoms with Crippen LogP contribution in [0.15, 0.2) is 29.1 Å². The normalized spacial score (nSPS) is 10.5. The van der Waals surface area contributed by atoms with E-state index >= 15 is 0 Å². The molecule has 0 saturated carbocycles. The van der Waals surface area contributed by atoms with E-state index in [4.69, 9.17) is 23.2 Å². The summed E-state index contributed by atoms with van der Waals surface area (Å²) in [5, 5.41) is 1.23. The molecule has 0 saturated heterocycles. The molecule has 0 aliphatic carbocycles. The fraction of sp³-hybridized carbons (Fsp3) is 0. The number of H-pyrrole nitrogens is 1. The van der Waals surface area contributed by atoms with Crippen LogP contribution in [0, 0.1) is 0 Å². The average molecular weight is 292 g/mol. The summed E-state index contributed by atoms with van der Waals surface area (Å²) in [5.41, 5.74) is 1.74. The predicted octanol–water partition coefficient (Wildman–Crippen LogP) is 4.15. The molecule has 2 nitrogen and oxygen atoms in total. The van der Waals surface area contributed by atoms with Crippen LogP contribution in [0.25, 0.3) is 11.3 Å². The first kappa shape index (κ1) is 10.0. The van der Waals surface area contributed by atoms with E-state index < -0.39 is 0 Å². The van der Waals surface area contributed by atoms with Crippen LogP contribution in [0.2, 0.25) is 10.0 Å². The molecule has 1 aromatic carbocycles. The standard InChI is InChI=1S/C9H5BrCl2N2/c10-9-13-4-8(14-9)6-2-1-5(11)3-7(6)12/h1-4H,(H,13,14). The van der Waals surface area contributed by atoms with Crippen molar-refractivity contribution in [1.82, 2.24) is 9.97 Å². The molecular weight excluding hydrogens is 287 g/mol. The van der Waals surface area contributed by atoms with E-state index in [0.29, 0.717) is 14.8 Å². The lowest BCUT2D eigenvalue weighted by Crippen LogP contribution is -1.79. The number of benzene rings is 1. The van der Waals surface area contributed by atoms with Crippen molar-refractivity contribution in [1.29, 1.82) is 0 Å². The minimum atomic E-state index is 0.605. The van der Waals surface area contributed by atoms with Crippen LogP contribution < -0.4 is 0 Å². The van der Waals surface area contributed by atoms with Gasteiger partial charge in [0.15, 0.2) is 4.73 Å². The molecule has 0 aliphatic heterocycles. The molecule has 0 unspecified atom stereocenters. The molecule has 14 heavy (non-hydrogen) atoms. The number of imidazole rings is 1. The molecule has 2 aromatic rings. The maximum absolute atomic E-state index is 6.03. The van der Waals surface area contributed by atoms with Crippen LogP contribution in [0.4, 0.5) is 0 Å². The zero-order chi connectivity index (χ0) is 10.1. The van der Waals surface area contributed by atoms with Crippen molar-refractivity contribution < 1.29 is 0 Å². The Balaban J connectivity index is 2.52. The minimum absolute atomic E-state index is 0.605. The molecule has 0 spiro atoms. The smallest absolute Gasteiger partial charge is 0.174 e. The van der Waals surface area contributed by atoms with E-state index in [0.717, 1.165) is 11.3 Å². The van der Waals surface area contributed by atoms with E-state index in [1.54, 1.807) is 18.3 Å². The molecular formula is C9H5BrCl2N2. The van der Waals surface area contributed by atoms with E-state index in [1.807, 2.05) is 6.07 Å². The predicted molar refractivity (Wildman–Crippen MR) is 61.7 cm³/mol. The highest BCUT2D eigenvalue weighted by molar-refractivity contribution is 9.10. The number of aromatic nitrogens is 2. The first-order valence-electron chi connectivity index (χ1n) is 3.83. The third kappa shape index (κ3) is 1.95. The Kier molecular flexibility index (Phi) is 2.81. The molecule has 1 aromatic heterocycles. The van der Waals surface area contributed by atoms with Gasteiger partial charge in [0.05, 0.1) is 16.9 Å². The van der Waals surface area contributed by atoms with Crippen molar-refractivity contribution in [2.24, 2.45) is 0 Å². The summed E-state index contributed by atoms with van der Waals surface area (Å²) in [4.78, 5) is 7.06. The topological polar surface area (TPSA) is 28.7 Å². The van der Waals surface area contributed by atoms with Gasteiger partial charge in [0.25, 0.3) is 0 Å². The van der Waals surface area contributed by atoms with Gasteiger partial charge in [-0.2, -0.15) is 0 Å². The Morgan fingerprint density at radius 3 is 2.64 bits per heavy atom. The fourth-order valence-electron chi connectivity index (χ4n) is 1.14. The van der Waals surface area contributed by atoms with Gasteiger partial charge in [0.2, 0.25) is 0 Å². The highest BCUT2D eigenvalue weighted by Gasteiger charge is 2.06. The number of rotatable bonds is 1. The quantitative estimate of drug-likeness (QED) is 0.840. The first-order valence-corrected chi connectivity index (χ1v) is 5.37. The number of nitrogens with one attached hydrogen (secondary N) is 1. The fourth-order valence-corrected chi connectivity index (χ4v) is 1.97. The molecule has 0 aliphatic rings. The molecule has 0 fully saturated rings. The highest BCUT2D eigenvalue weighted by Crippen LogP contribution is 2.29. The third-order valence-corrected chi connectivity index (χ3v) is 2.72. The largest absolute Gasteiger partial charge is 0.332 e. The maximum atomic E-state index is 6.03. The summed E-state index contributed by atoms with van der Waals surface area (Å²) in [6.07, 6.45) is 1.71. The lowest BCUT2D eigenvalue weighted by molar-refractivity contribution is 1.24. The summed E-state index contributed by atoms with van der Waals surface area (Å²) in [6.45, 7) is 0. The minimum Gasteiger partial charge on any atom is -0.332 e. The van der Waals surface area contributed by atoms with E-state index in [2.05, 4.69) is 25.9 Å². The Morgan fingerprint density at radius 1 is 1.29 bits per heavy atom. The Morgan fingerprint density at radius 2 is 2.07 bits per heavy atom. The second-order valence-corrected chi connectivity index (χ2v) is 4.31. The van der Waals surface area contributed by atoms with E-state index in [9.17, 15) is 0 Å². The molecule has 72 valence electrons. The highest BCUT2D eigenvalue weighted by atomic mass is 79.9. The summed E-state index contributed by atoms with van der Waals surface area (Å²) >= 11 is 15.0. The second kappa shape index (κ2) is 3.93. The van der Waals surface area contributed by atoms with Gasteiger partial charge in [-0.05, 0) is 34.1 Å². The zero-order valence-electron chi connectivity index (χ0n) is 6.89. The Hall–Kier alpha value is -0.510. The second-order valence-electron chi connectivity index (χ2n) is 2.71. The summed E-state index contributed by atoms with van der Waals surface area (Å²) in [7, 11) is 0. The van der Waals surface area contributed by atoms with E-state index in [1.165, 1.54) is 0 Å². The van der Waals surface area contributed by atoms with Crippen molar-refractivity contribution >= 4 is 39.1 Å². The molecule has 0 bridgehead atoms. The lowest BCUT2D eigenvalue weighted by Gasteiger charge is -2.00. The van der Waals surface area contributed by atoms with Crippen LogP contribution in [0.3, 0.4) is 0 Å². The van der Waals surface area contributed by atoms with Crippen LogP contribution in [0.5, 0.6) is 0 Å². The number of hydrogen-bond donors (Lipinski definition) is 1. The van der Waals surface area contributed by atoms with Crippen molar-refractivity contribution in [2.75, 3.05) is 0 Å². The van der Waals surface area contributed by atoms with Crippen molar-refractivity contribution in [2.45, 2.75) is 0 Å². The molecule has 5 heteroatoms. The summed E-state index contributed by atoms with van der Waals surface area (Å²) in [6, 6.07) is 5.34. The van der Waals surface area contributed by atoms with Crippen LogP contribution in [0.1, 0.15) is 0 Å². The lowest BCUT2D eigenvalue weighted by atomic mass is 10.2. The van der Waals surface area contributed by atoms with Gasteiger partial charge < -0.3 is 4.98 Å². The molecule has 0 radical (unpaired) electrons. The van der Waals surface area contributed by atoms with Crippen molar-refractivity contribution in [3.8, 4) is 11.3 Å². The molecule has 0 atom stereocenters. The number of nitrogens with zero attached hydrogens (tertiary/aromatic N) is 1. The number of hydrogen-bond acceptors (Lipinski definition) is 1. The van der Waals surface area contributed by atoms with Gasteiger partial charge in [-0.1, -0.05) is 23.2 Å². The molecule has 1 heterocycles. The molecule has 1 N–H and O–H groups in total. The molecule has 2 rings (SSSR count). The average Bonchev–Trinajstić information content (AvgIpc) is 2.51. The van der Waals surface area contributed by atoms with Gasteiger partial charge in [-0.3, -0.25) is 0 Å². The van der Waals surface area contributed by atoms with Crippen LogP contribution in [-0.4, -0.2) is 9.97 Å². The maximum Gasteiger partial charge on any atom is 0.174 e. The molecule has 0 amide bonds. The SMILES string of the molecule is Clc1ccc(-c2cnc(Br)[nH]2)c(Cl)c1. The van der Waals surface area contributed by atoms with Gasteiger partial charge in [0, 0.05) is 10.6 Å². The van der Waals surface area contributed by atoms with Gasteiger partial charge >= 0.3 is 0 Å². The van der Waals surface area contributed by atoms with Gasteiger partial charge in [-0.25, -0.2) is 4.98 Å². The Bertz CT molecular complexity index is 468. The number of aromatic amines is 1. The third-order valence-electron chi connectivity index (χ3n) is 1.77. The van der Waals surface area contributed by atoms with Gasteiger partial charge in [-0.15, -0.1) is 0 Å². The Labute approximate surface area is 99.4 Å². The van der Waals surface area contributed by atoms with Crippen molar-refractivity contribution in [3.63, 3.8) is 0 Å². The summed E-state index contributed by atoms with van der Waals surface area (Å²) < 4.78 is 0.679. The summed E-state index contributed by atoms with van der Waals surface area (Å²) in [5.74, 6) is 0. The van der Waals surface area contributed by atoms with Gasteiger partial charge in [0.1, 0.15) is 0 Å². The van der Waals surface area contributed by atoms with Crippen LogP contribution in [-0.2, 0) is 0 Å². The van der Waals surface area contributed by atoms with E-state index in [-0.39, 0.29) is 0 Å². The van der Waals surface area contributed by atoms with Crippen LogP contribution >= 0.6 is 39.1 Å².